The monoisotopic (exact) mass is 270 g/mol. The van der Waals surface area contributed by atoms with Gasteiger partial charge in [-0.15, -0.1) is 0 Å². The van der Waals surface area contributed by atoms with E-state index in [4.69, 9.17) is 0 Å². The van der Waals surface area contributed by atoms with E-state index < -0.39 is 0 Å². The minimum Gasteiger partial charge on any atom is -0.309 e. The number of rotatable bonds is 1. The number of nitrogens with one attached hydrogen (secondary N) is 1. The molecule has 1 atom stereocenters. The van der Waals surface area contributed by atoms with Gasteiger partial charge in [0.15, 0.2) is 0 Å². The smallest absolute Gasteiger partial charge is 0.0352 e. The average molecular weight is 270 g/mol. The van der Waals surface area contributed by atoms with E-state index in [-0.39, 0.29) is 0 Å². The summed E-state index contributed by atoms with van der Waals surface area (Å²) >= 11 is 0. The highest BCUT2D eigenvalue weighted by molar-refractivity contribution is 5.32. The van der Waals surface area contributed by atoms with Crippen molar-refractivity contribution in [2.24, 2.45) is 0 Å². The fraction of sp³-hybridized carbons (Fsp3) is 0.667. The van der Waals surface area contributed by atoms with E-state index in [9.17, 15) is 0 Å². The first kappa shape index (κ1) is 12.8. The molecule has 2 heteroatoms. The second-order valence-electron chi connectivity index (χ2n) is 6.99. The van der Waals surface area contributed by atoms with E-state index >= 15 is 0 Å². The number of hydrogen-bond donors (Lipinski definition) is 1. The molecule has 0 bridgehead atoms. The van der Waals surface area contributed by atoms with E-state index in [0.29, 0.717) is 11.6 Å². The van der Waals surface area contributed by atoms with Crippen molar-refractivity contribution >= 4 is 0 Å². The van der Waals surface area contributed by atoms with Gasteiger partial charge in [-0.05, 0) is 43.2 Å². The van der Waals surface area contributed by atoms with Gasteiger partial charge >= 0.3 is 0 Å². The molecule has 2 fully saturated rings. The zero-order valence-electron chi connectivity index (χ0n) is 12.4. The van der Waals surface area contributed by atoms with Crippen LogP contribution in [0.5, 0.6) is 0 Å². The lowest BCUT2D eigenvalue weighted by Gasteiger charge is -2.46. The number of hydrogen-bond acceptors (Lipinski definition) is 2. The minimum atomic E-state index is 0.449. The summed E-state index contributed by atoms with van der Waals surface area (Å²) in [6, 6.07) is 9.83. The van der Waals surface area contributed by atoms with Crippen molar-refractivity contribution in [2.75, 3.05) is 19.6 Å². The van der Waals surface area contributed by atoms with Crippen molar-refractivity contribution in [3.63, 3.8) is 0 Å². The Hall–Kier alpha value is -0.860. The molecule has 1 aromatic rings. The molecule has 2 nitrogen and oxygen atoms in total. The van der Waals surface area contributed by atoms with Gasteiger partial charge in [0.25, 0.3) is 0 Å². The Labute approximate surface area is 122 Å². The van der Waals surface area contributed by atoms with Crippen molar-refractivity contribution in [3.05, 3.63) is 35.4 Å². The quantitative estimate of drug-likeness (QED) is 0.842. The van der Waals surface area contributed by atoms with Gasteiger partial charge in [-0.3, -0.25) is 4.90 Å². The average Bonchev–Trinajstić information content (AvgIpc) is 2.94. The Kier molecular flexibility index (Phi) is 3.31. The van der Waals surface area contributed by atoms with Crippen LogP contribution in [0.3, 0.4) is 0 Å². The molecular weight excluding hydrogens is 244 g/mol. The van der Waals surface area contributed by atoms with Gasteiger partial charge < -0.3 is 5.32 Å². The molecule has 2 aliphatic carbocycles. The number of nitrogens with zero attached hydrogens (tertiary/aromatic N) is 1. The van der Waals surface area contributed by atoms with Crippen molar-refractivity contribution in [2.45, 2.75) is 56.5 Å². The third-order valence-corrected chi connectivity index (χ3v) is 5.74. The maximum Gasteiger partial charge on any atom is 0.0352 e. The summed E-state index contributed by atoms with van der Waals surface area (Å²) in [5.74, 6) is 0. The first-order valence-electron chi connectivity index (χ1n) is 8.43. The standard InChI is InChI=1S/C18H26N2/c1-2-8-16-15(6-1)7-5-9-17(16)20-13-12-19-18(14-20)10-3-4-11-18/h1-2,6,8,17,19H,3-5,7,9-14H2. The highest BCUT2D eigenvalue weighted by atomic mass is 15.2. The zero-order chi connectivity index (χ0) is 13.4. The molecule has 1 N–H and O–H groups in total. The molecule has 3 aliphatic rings. The lowest BCUT2D eigenvalue weighted by atomic mass is 9.85. The SMILES string of the molecule is c1ccc2c(c1)CCCC2N1CCNC2(CCCC2)C1. The predicted octanol–water partition coefficient (Wildman–Crippen LogP) is 3.28. The predicted molar refractivity (Wildman–Crippen MR) is 82.9 cm³/mol. The van der Waals surface area contributed by atoms with Gasteiger partial charge in [-0.2, -0.15) is 0 Å². The van der Waals surface area contributed by atoms with Crippen molar-refractivity contribution in [1.29, 1.82) is 0 Å². The number of aryl methyl sites for hydroxylation is 1. The van der Waals surface area contributed by atoms with Gasteiger partial charge in [0.05, 0.1) is 0 Å². The molecule has 0 radical (unpaired) electrons. The highest BCUT2D eigenvalue weighted by Crippen LogP contribution is 2.39. The molecule has 108 valence electrons. The Balaban J connectivity index is 1.58. The topological polar surface area (TPSA) is 15.3 Å². The molecule has 4 rings (SSSR count). The lowest BCUT2D eigenvalue weighted by Crippen LogP contribution is -2.59. The Morgan fingerprint density at radius 3 is 2.85 bits per heavy atom. The number of benzene rings is 1. The van der Waals surface area contributed by atoms with Crippen LogP contribution in [0.1, 0.15) is 55.7 Å². The summed E-state index contributed by atoms with van der Waals surface area (Å²) in [6.45, 7) is 3.67. The highest BCUT2D eigenvalue weighted by Gasteiger charge is 2.40. The van der Waals surface area contributed by atoms with Crippen LogP contribution in [0.15, 0.2) is 24.3 Å². The molecule has 1 spiro atoms. The minimum absolute atomic E-state index is 0.449. The molecule has 0 aromatic heterocycles. The summed E-state index contributed by atoms with van der Waals surface area (Å²) in [5.41, 5.74) is 3.67. The van der Waals surface area contributed by atoms with E-state index in [1.807, 2.05) is 0 Å². The van der Waals surface area contributed by atoms with Crippen molar-refractivity contribution in [3.8, 4) is 0 Å². The summed E-state index contributed by atoms with van der Waals surface area (Å²) in [4.78, 5) is 2.79. The fourth-order valence-corrected chi connectivity index (χ4v) is 4.75. The van der Waals surface area contributed by atoms with Crippen LogP contribution in [0.2, 0.25) is 0 Å². The Morgan fingerprint density at radius 2 is 1.95 bits per heavy atom. The molecule has 0 amide bonds. The third kappa shape index (κ3) is 2.19. The van der Waals surface area contributed by atoms with Gasteiger partial charge in [0.1, 0.15) is 0 Å². The van der Waals surface area contributed by atoms with Crippen LogP contribution < -0.4 is 5.32 Å². The van der Waals surface area contributed by atoms with Crippen LogP contribution in [0.4, 0.5) is 0 Å². The molecule has 1 aliphatic heterocycles. The molecule has 20 heavy (non-hydrogen) atoms. The molecule has 1 unspecified atom stereocenters. The third-order valence-electron chi connectivity index (χ3n) is 5.74. The largest absolute Gasteiger partial charge is 0.309 e. The van der Waals surface area contributed by atoms with Crippen LogP contribution in [-0.2, 0) is 6.42 Å². The molecule has 1 saturated heterocycles. The normalized spacial score (nSPS) is 29.5. The second kappa shape index (κ2) is 5.16. The molecule has 1 aromatic carbocycles. The van der Waals surface area contributed by atoms with Gasteiger partial charge in [-0.25, -0.2) is 0 Å². The Bertz CT molecular complexity index is 476. The fourth-order valence-electron chi connectivity index (χ4n) is 4.75. The second-order valence-corrected chi connectivity index (χ2v) is 6.99. The van der Waals surface area contributed by atoms with Crippen LogP contribution in [0, 0.1) is 0 Å². The van der Waals surface area contributed by atoms with E-state index in [1.54, 1.807) is 11.1 Å². The number of piperazine rings is 1. The van der Waals surface area contributed by atoms with Crippen molar-refractivity contribution in [1.82, 2.24) is 10.2 Å². The van der Waals surface area contributed by atoms with Gasteiger partial charge in [0, 0.05) is 31.2 Å². The summed E-state index contributed by atoms with van der Waals surface area (Å²) < 4.78 is 0. The maximum absolute atomic E-state index is 3.85. The summed E-state index contributed by atoms with van der Waals surface area (Å²) in [6.07, 6.45) is 9.61. The first-order chi connectivity index (χ1) is 9.86. The van der Waals surface area contributed by atoms with Gasteiger partial charge in [-0.1, -0.05) is 37.1 Å². The first-order valence-corrected chi connectivity index (χ1v) is 8.43. The lowest BCUT2D eigenvalue weighted by molar-refractivity contribution is 0.0852. The van der Waals surface area contributed by atoms with Gasteiger partial charge in [0.2, 0.25) is 0 Å². The van der Waals surface area contributed by atoms with Crippen LogP contribution in [-0.4, -0.2) is 30.1 Å². The molecule has 1 saturated carbocycles. The van der Waals surface area contributed by atoms with E-state index in [2.05, 4.69) is 34.5 Å². The van der Waals surface area contributed by atoms with Crippen molar-refractivity contribution < 1.29 is 0 Å². The van der Waals surface area contributed by atoms with Crippen LogP contribution in [0.25, 0.3) is 0 Å². The maximum atomic E-state index is 3.85. The Morgan fingerprint density at radius 1 is 1.10 bits per heavy atom. The summed E-state index contributed by atoms with van der Waals surface area (Å²) in [7, 11) is 0. The molecule has 1 heterocycles. The molecular formula is C18H26N2. The zero-order valence-corrected chi connectivity index (χ0v) is 12.4. The number of fused-ring (bicyclic) bond motifs is 1. The van der Waals surface area contributed by atoms with E-state index in [1.165, 1.54) is 64.6 Å². The van der Waals surface area contributed by atoms with Crippen LogP contribution >= 0.6 is 0 Å². The van der Waals surface area contributed by atoms with E-state index in [0.717, 1.165) is 0 Å². The summed E-state index contributed by atoms with van der Waals surface area (Å²) in [5, 5.41) is 3.85.